The van der Waals surface area contributed by atoms with Gasteiger partial charge in [-0.25, -0.2) is 15.8 Å². The van der Waals surface area contributed by atoms with E-state index in [4.69, 9.17) is 5.84 Å². The molecule has 1 fully saturated rings. The summed E-state index contributed by atoms with van der Waals surface area (Å²) in [6.07, 6.45) is 0. The average molecular weight is 264 g/mol. The Morgan fingerprint density at radius 2 is 2.00 bits per heavy atom. The minimum Gasteiger partial charge on any atom is -0.308 e. The number of anilines is 1. The summed E-state index contributed by atoms with van der Waals surface area (Å²) in [5, 5.41) is 1.94. The first-order chi connectivity index (χ1) is 9.08. The van der Waals surface area contributed by atoms with E-state index in [1.165, 1.54) is 0 Å². The summed E-state index contributed by atoms with van der Waals surface area (Å²) in [4.78, 5) is 18.5. The fourth-order valence-corrected chi connectivity index (χ4v) is 2.00. The number of aromatic nitrogens is 1. The number of rotatable bonds is 3. The minimum absolute atomic E-state index is 0.133. The Kier molecular flexibility index (Phi) is 4.31. The Morgan fingerprint density at radius 3 is 2.63 bits per heavy atom. The van der Waals surface area contributed by atoms with Gasteiger partial charge in [0.15, 0.2) is 0 Å². The molecule has 0 atom stereocenters. The predicted octanol–water partition coefficient (Wildman–Crippen LogP) is -0.432. The molecule has 0 aromatic carbocycles. The maximum atomic E-state index is 12.2. The maximum absolute atomic E-state index is 12.2. The lowest BCUT2D eigenvalue weighted by Crippen LogP contribution is -2.52. The summed E-state index contributed by atoms with van der Waals surface area (Å²) in [5.74, 6) is 5.68. The Morgan fingerprint density at radius 1 is 1.32 bits per heavy atom. The van der Waals surface area contributed by atoms with Crippen LogP contribution in [-0.2, 0) is 0 Å². The molecule has 0 saturated carbocycles. The molecule has 0 unspecified atom stereocenters. The fraction of sp³-hybridized carbons (Fsp3) is 0.500. The molecule has 1 saturated heterocycles. The number of piperazine rings is 1. The van der Waals surface area contributed by atoms with Crippen LogP contribution in [0.4, 0.5) is 5.82 Å². The van der Waals surface area contributed by atoms with Gasteiger partial charge >= 0.3 is 0 Å². The Labute approximate surface area is 112 Å². The summed E-state index contributed by atoms with van der Waals surface area (Å²) in [7, 11) is 2.07. The van der Waals surface area contributed by atoms with E-state index in [-0.39, 0.29) is 5.91 Å². The van der Waals surface area contributed by atoms with Gasteiger partial charge in [-0.1, -0.05) is 0 Å². The molecule has 2 rings (SSSR count). The van der Waals surface area contributed by atoms with Crippen molar-refractivity contribution >= 4 is 11.7 Å². The number of likely N-dealkylation sites (N-methyl/N-ethyl adjacent to an activating group) is 1. The smallest absolute Gasteiger partial charge is 0.265 e. The normalized spacial score (nSPS) is 17.2. The lowest BCUT2D eigenvalue weighted by Gasteiger charge is -2.32. The number of nitrogens with two attached hydrogens (primary N) is 1. The molecule has 2 heterocycles. The molecule has 1 aromatic heterocycles. The maximum Gasteiger partial charge on any atom is 0.265 e. The second-order valence-electron chi connectivity index (χ2n) is 4.76. The number of hydrazine groups is 2. The van der Waals surface area contributed by atoms with Crippen LogP contribution in [0.15, 0.2) is 12.1 Å². The van der Waals surface area contributed by atoms with Crippen molar-refractivity contribution in [1.29, 1.82) is 0 Å². The number of carbonyl (C=O) groups excluding carboxylic acids is 1. The number of hydrogen-bond acceptors (Lipinski definition) is 6. The number of carbonyl (C=O) groups is 1. The van der Waals surface area contributed by atoms with Gasteiger partial charge in [0.2, 0.25) is 0 Å². The first-order valence-corrected chi connectivity index (χ1v) is 6.28. The molecule has 0 aliphatic carbocycles. The van der Waals surface area contributed by atoms with E-state index in [2.05, 4.69) is 27.8 Å². The molecular weight excluding hydrogens is 244 g/mol. The van der Waals surface area contributed by atoms with Gasteiger partial charge in [-0.2, -0.15) is 0 Å². The SMILES string of the molecule is Cc1cc(C(=O)NN2CCN(C)CC2)cc(NN)n1. The highest BCUT2D eigenvalue weighted by atomic mass is 16.2. The zero-order chi connectivity index (χ0) is 13.8. The third-order valence-electron chi connectivity index (χ3n) is 3.13. The molecule has 0 radical (unpaired) electrons. The molecule has 1 aliphatic heterocycles. The van der Waals surface area contributed by atoms with Gasteiger partial charge in [0.1, 0.15) is 5.82 Å². The average Bonchev–Trinajstić information content (AvgIpc) is 2.40. The van der Waals surface area contributed by atoms with Crippen LogP contribution in [0.5, 0.6) is 0 Å². The number of pyridine rings is 1. The molecule has 19 heavy (non-hydrogen) atoms. The Bertz CT molecular complexity index is 456. The molecule has 0 bridgehead atoms. The summed E-state index contributed by atoms with van der Waals surface area (Å²) in [6, 6.07) is 3.38. The van der Waals surface area contributed by atoms with Crippen molar-refractivity contribution in [1.82, 2.24) is 20.3 Å². The first kappa shape index (κ1) is 13.7. The quantitative estimate of drug-likeness (QED) is 0.507. The van der Waals surface area contributed by atoms with Crippen molar-refractivity contribution in [3.63, 3.8) is 0 Å². The van der Waals surface area contributed by atoms with Crippen molar-refractivity contribution in [2.75, 3.05) is 38.7 Å². The largest absolute Gasteiger partial charge is 0.308 e. The topological polar surface area (TPSA) is 86.5 Å². The predicted molar refractivity (Wildman–Crippen MR) is 73.3 cm³/mol. The Hall–Kier alpha value is -1.70. The van der Waals surface area contributed by atoms with Crippen LogP contribution in [0.3, 0.4) is 0 Å². The van der Waals surface area contributed by atoms with Crippen molar-refractivity contribution < 1.29 is 4.79 Å². The number of amides is 1. The first-order valence-electron chi connectivity index (χ1n) is 6.28. The molecule has 7 heteroatoms. The highest BCUT2D eigenvalue weighted by molar-refractivity contribution is 5.94. The van der Waals surface area contributed by atoms with Gasteiger partial charge in [0.25, 0.3) is 5.91 Å². The van der Waals surface area contributed by atoms with Crippen LogP contribution < -0.4 is 16.7 Å². The summed E-state index contributed by atoms with van der Waals surface area (Å²) in [5.41, 5.74) is 6.67. The van der Waals surface area contributed by atoms with Crippen molar-refractivity contribution in [3.05, 3.63) is 23.4 Å². The van der Waals surface area contributed by atoms with Gasteiger partial charge in [0, 0.05) is 37.4 Å². The molecule has 7 nitrogen and oxygen atoms in total. The van der Waals surface area contributed by atoms with E-state index in [1.807, 2.05) is 11.9 Å². The molecular formula is C12H20N6O. The highest BCUT2D eigenvalue weighted by Gasteiger charge is 2.17. The fourth-order valence-electron chi connectivity index (χ4n) is 2.00. The van der Waals surface area contributed by atoms with E-state index >= 15 is 0 Å². The number of hydrogen-bond donors (Lipinski definition) is 3. The molecule has 1 aromatic rings. The van der Waals surface area contributed by atoms with Gasteiger partial charge in [-0.15, -0.1) is 0 Å². The van der Waals surface area contributed by atoms with Crippen LogP contribution in [0.1, 0.15) is 16.1 Å². The van der Waals surface area contributed by atoms with Gasteiger partial charge in [-0.3, -0.25) is 10.2 Å². The van der Waals surface area contributed by atoms with Crippen LogP contribution in [-0.4, -0.2) is 54.0 Å². The number of nitrogens with one attached hydrogen (secondary N) is 2. The zero-order valence-electron chi connectivity index (χ0n) is 11.3. The highest BCUT2D eigenvalue weighted by Crippen LogP contribution is 2.09. The third-order valence-corrected chi connectivity index (χ3v) is 3.13. The lowest BCUT2D eigenvalue weighted by molar-refractivity contribution is 0.0662. The Balaban J connectivity index is 2.01. The van der Waals surface area contributed by atoms with Crippen LogP contribution >= 0.6 is 0 Å². The van der Waals surface area contributed by atoms with Gasteiger partial charge in [-0.05, 0) is 26.1 Å². The van der Waals surface area contributed by atoms with Gasteiger partial charge < -0.3 is 10.3 Å². The zero-order valence-corrected chi connectivity index (χ0v) is 11.3. The minimum atomic E-state index is -0.133. The van der Waals surface area contributed by atoms with E-state index in [0.717, 1.165) is 31.9 Å². The summed E-state index contributed by atoms with van der Waals surface area (Å²) >= 11 is 0. The molecule has 4 N–H and O–H groups in total. The monoisotopic (exact) mass is 264 g/mol. The second kappa shape index (κ2) is 5.96. The standard InChI is InChI=1S/C12H20N6O/c1-9-7-10(8-11(14-9)15-13)12(19)16-18-5-3-17(2)4-6-18/h7-8H,3-6,13H2,1-2H3,(H,14,15)(H,16,19). The van der Waals surface area contributed by atoms with Crippen molar-refractivity contribution in [2.24, 2.45) is 5.84 Å². The number of aryl methyl sites for hydroxylation is 1. The lowest BCUT2D eigenvalue weighted by atomic mass is 10.2. The third kappa shape index (κ3) is 3.63. The van der Waals surface area contributed by atoms with Gasteiger partial charge in [0.05, 0.1) is 0 Å². The number of nitrogen functional groups attached to an aromatic ring is 1. The molecule has 0 spiro atoms. The van der Waals surface area contributed by atoms with E-state index in [0.29, 0.717) is 11.4 Å². The number of nitrogens with zero attached hydrogens (tertiary/aromatic N) is 3. The molecule has 1 aliphatic rings. The van der Waals surface area contributed by atoms with E-state index < -0.39 is 0 Å². The van der Waals surface area contributed by atoms with E-state index in [9.17, 15) is 4.79 Å². The van der Waals surface area contributed by atoms with Crippen molar-refractivity contribution in [3.8, 4) is 0 Å². The van der Waals surface area contributed by atoms with Crippen LogP contribution in [0.2, 0.25) is 0 Å². The molecule has 1 amide bonds. The second-order valence-corrected chi connectivity index (χ2v) is 4.76. The summed E-state index contributed by atoms with van der Waals surface area (Å²) in [6.45, 7) is 5.38. The summed E-state index contributed by atoms with van der Waals surface area (Å²) < 4.78 is 0. The van der Waals surface area contributed by atoms with Crippen LogP contribution in [0, 0.1) is 6.92 Å². The molecule has 104 valence electrons. The van der Waals surface area contributed by atoms with Crippen molar-refractivity contribution in [2.45, 2.75) is 6.92 Å². The van der Waals surface area contributed by atoms with E-state index in [1.54, 1.807) is 12.1 Å². The van der Waals surface area contributed by atoms with Crippen LogP contribution in [0.25, 0.3) is 0 Å².